The zero-order chi connectivity index (χ0) is 15.4. The minimum atomic E-state index is -0.911. The van der Waals surface area contributed by atoms with Crippen molar-refractivity contribution in [2.45, 2.75) is 78.0 Å². The van der Waals surface area contributed by atoms with E-state index in [9.17, 15) is 10.2 Å². The van der Waals surface area contributed by atoms with Gasteiger partial charge in [0.05, 0.1) is 12.7 Å². The predicted octanol–water partition coefficient (Wildman–Crippen LogP) is 2.09. The summed E-state index contributed by atoms with van der Waals surface area (Å²) in [4.78, 5) is 0. The van der Waals surface area contributed by atoms with Crippen LogP contribution in [0.4, 0.5) is 0 Å². The van der Waals surface area contributed by atoms with Gasteiger partial charge in [0.2, 0.25) is 0 Å². The monoisotopic (exact) mass is 292 g/mol. The van der Waals surface area contributed by atoms with Crippen LogP contribution < -0.4 is 0 Å². The lowest BCUT2D eigenvalue weighted by Gasteiger charge is -2.30. The van der Waals surface area contributed by atoms with Crippen molar-refractivity contribution in [2.24, 2.45) is 0 Å². The minimum absolute atomic E-state index is 0.312. The fourth-order valence-corrected chi connectivity index (χ4v) is 1.83. The topological polar surface area (TPSA) is 68.2 Å². The number of rotatable bonds is 13. The first kappa shape index (κ1) is 19.8. The van der Waals surface area contributed by atoms with Crippen molar-refractivity contribution >= 4 is 0 Å². The maximum Gasteiger partial charge on any atom is 0.152 e. The summed E-state index contributed by atoms with van der Waals surface area (Å²) in [5.41, 5.74) is 0. The van der Waals surface area contributed by atoms with Crippen LogP contribution in [0.25, 0.3) is 0 Å². The Bertz CT molecular complexity index is 208. The Kier molecular flexibility index (Phi) is 12.4. The molecule has 20 heavy (non-hydrogen) atoms. The average Bonchev–Trinajstić information content (AvgIpc) is 2.38. The van der Waals surface area contributed by atoms with Gasteiger partial charge in [0.15, 0.2) is 6.29 Å². The van der Waals surface area contributed by atoms with Crippen molar-refractivity contribution in [3.8, 4) is 0 Å². The van der Waals surface area contributed by atoms with Gasteiger partial charge in [-0.05, 0) is 26.7 Å². The highest BCUT2D eigenvalue weighted by molar-refractivity contribution is 4.76. The highest BCUT2D eigenvalue weighted by Crippen LogP contribution is 2.13. The molecule has 0 aromatic carbocycles. The normalized spacial score (nSPS) is 17.7. The first-order valence-corrected chi connectivity index (χ1v) is 7.73. The Morgan fingerprint density at radius 3 is 2.05 bits per heavy atom. The van der Waals surface area contributed by atoms with Gasteiger partial charge < -0.3 is 24.4 Å². The summed E-state index contributed by atoms with van der Waals surface area (Å²) in [5.74, 6) is 0. The summed E-state index contributed by atoms with van der Waals surface area (Å²) in [6, 6.07) is 0. The van der Waals surface area contributed by atoms with E-state index in [1.165, 1.54) is 0 Å². The maximum atomic E-state index is 9.86. The van der Waals surface area contributed by atoms with Crippen LogP contribution in [0.15, 0.2) is 0 Å². The minimum Gasteiger partial charge on any atom is -0.391 e. The van der Waals surface area contributed by atoms with Gasteiger partial charge in [0.25, 0.3) is 0 Å². The molecule has 0 amide bonds. The number of hydrogen-bond donors (Lipinski definition) is 2. The van der Waals surface area contributed by atoms with Crippen LogP contribution in [0.2, 0.25) is 0 Å². The molecule has 0 aromatic rings. The van der Waals surface area contributed by atoms with Crippen LogP contribution in [0.1, 0.15) is 53.4 Å². The Morgan fingerprint density at radius 1 is 0.950 bits per heavy atom. The van der Waals surface area contributed by atoms with Gasteiger partial charge in [-0.2, -0.15) is 0 Å². The van der Waals surface area contributed by atoms with Crippen molar-refractivity contribution in [2.75, 3.05) is 19.8 Å². The van der Waals surface area contributed by atoms with Crippen LogP contribution in [0.5, 0.6) is 0 Å². The number of aliphatic hydroxyl groups excluding tert-OH is 2. The van der Waals surface area contributed by atoms with E-state index in [0.29, 0.717) is 19.8 Å². The third-order valence-corrected chi connectivity index (χ3v) is 2.95. The highest BCUT2D eigenvalue weighted by atomic mass is 16.6. The molecule has 0 rings (SSSR count). The molecule has 122 valence electrons. The number of ether oxygens (including phenoxy) is 3. The quantitative estimate of drug-likeness (QED) is 0.402. The lowest BCUT2D eigenvalue weighted by atomic mass is 10.1. The van der Waals surface area contributed by atoms with E-state index >= 15 is 0 Å². The molecule has 0 fully saturated rings. The number of hydrogen-bond acceptors (Lipinski definition) is 5. The zero-order valence-electron chi connectivity index (χ0n) is 13.4. The molecule has 0 saturated heterocycles. The molecule has 0 radical (unpaired) electrons. The number of aliphatic hydroxyl groups is 2. The Balaban J connectivity index is 4.40. The Labute approximate surface area is 123 Å². The SMILES string of the molecule is CCCCOC[C@H](OC(C)O)C(OCCCC)[C@H](C)O. The third-order valence-electron chi connectivity index (χ3n) is 2.95. The lowest BCUT2D eigenvalue weighted by Crippen LogP contribution is -2.44. The van der Waals surface area contributed by atoms with E-state index in [2.05, 4.69) is 13.8 Å². The molecular formula is C15H32O5. The second kappa shape index (κ2) is 12.5. The molecule has 0 saturated carbocycles. The third kappa shape index (κ3) is 9.66. The van der Waals surface area contributed by atoms with Crippen LogP contribution in [-0.2, 0) is 14.2 Å². The van der Waals surface area contributed by atoms with E-state index in [-0.39, 0.29) is 0 Å². The van der Waals surface area contributed by atoms with Crippen LogP contribution in [0.3, 0.4) is 0 Å². The summed E-state index contributed by atoms with van der Waals surface area (Å²) in [7, 11) is 0. The second-order valence-corrected chi connectivity index (χ2v) is 5.13. The molecule has 0 spiro atoms. The molecule has 4 atom stereocenters. The van der Waals surface area contributed by atoms with Crippen LogP contribution in [-0.4, -0.2) is 54.6 Å². The van der Waals surface area contributed by atoms with Gasteiger partial charge in [-0.25, -0.2) is 0 Å². The van der Waals surface area contributed by atoms with Crippen LogP contribution >= 0.6 is 0 Å². The Hall–Kier alpha value is -0.200. The van der Waals surface area contributed by atoms with Gasteiger partial charge in [0, 0.05) is 13.2 Å². The molecule has 0 bridgehead atoms. The smallest absolute Gasteiger partial charge is 0.152 e. The van der Waals surface area contributed by atoms with E-state index < -0.39 is 24.6 Å². The molecular weight excluding hydrogens is 260 g/mol. The van der Waals surface area contributed by atoms with Gasteiger partial charge in [0.1, 0.15) is 12.2 Å². The molecule has 2 unspecified atom stereocenters. The van der Waals surface area contributed by atoms with Crippen molar-refractivity contribution < 1.29 is 24.4 Å². The number of unbranched alkanes of at least 4 members (excludes halogenated alkanes) is 2. The fourth-order valence-electron chi connectivity index (χ4n) is 1.83. The van der Waals surface area contributed by atoms with E-state index in [1.54, 1.807) is 13.8 Å². The Morgan fingerprint density at radius 2 is 1.55 bits per heavy atom. The fraction of sp³-hybridized carbons (Fsp3) is 1.00. The van der Waals surface area contributed by atoms with Crippen molar-refractivity contribution in [1.82, 2.24) is 0 Å². The second-order valence-electron chi connectivity index (χ2n) is 5.13. The van der Waals surface area contributed by atoms with Crippen LogP contribution in [0, 0.1) is 0 Å². The predicted molar refractivity (Wildman–Crippen MR) is 78.6 cm³/mol. The van der Waals surface area contributed by atoms with E-state index in [0.717, 1.165) is 25.7 Å². The first-order chi connectivity index (χ1) is 9.52. The maximum absolute atomic E-state index is 9.86. The van der Waals surface area contributed by atoms with Gasteiger partial charge in [-0.15, -0.1) is 0 Å². The molecule has 0 heterocycles. The summed E-state index contributed by atoms with van der Waals surface area (Å²) in [5, 5.41) is 19.3. The lowest BCUT2D eigenvalue weighted by molar-refractivity contribution is -0.199. The van der Waals surface area contributed by atoms with E-state index in [4.69, 9.17) is 14.2 Å². The van der Waals surface area contributed by atoms with Crippen molar-refractivity contribution in [3.05, 3.63) is 0 Å². The molecule has 0 aliphatic rings. The molecule has 0 aliphatic heterocycles. The summed E-state index contributed by atoms with van der Waals surface area (Å²) in [6.45, 7) is 8.92. The van der Waals surface area contributed by atoms with Gasteiger partial charge in [-0.3, -0.25) is 0 Å². The molecule has 0 aliphatic carbocycles. The average molecular weight is 292 g/mol. The van der Waals surface area contributed by atoms with Gasteiger partial charge >= 0.3 is 0 Å². The van der Waals surface area contributed by atoms with Crippen molar-refractivity contribution in [1.29, 1.82) is 0 Å². The van der Waals surface area contributed by atoms with Gasteiger partial charge in [-0.1, -0.05) is 26.7 Å². The molecule has 5 nitrogen and oxygen atoms in total. The molecule has 5 heteroatoms. The van der Waals surface area contributed by atoms with Crippen molar-refractivity contribution in [3.63, 3.8) is 0 Å². The zero-order valence-corrected chi connectivity index (χ0v) is 13.4. The summed E-state index contributed by atoms with van der Waals surface area (Å²) in [6.07, 6.45) is 1.47. The molecule has 0 aromatic heterocycles. The summed E-state index contributed by atoms with van der Waals surface area (Å²) < 4.78 is 16.7. The highest BCUT2D eigenvalue weighted by Gasteiger charge is 2.29. The first-order valence-electron chi connectivity index (χ1n) is 7.73. The van der Waals surface area contributed by atoms with E-state index in [1.807, 2.05) is 0 Å². The largest absolute Gasteiger partial charge is 0.391 e. The standard InChI is InChI=1S/C15H32O5/c1-5-7-9-18-11-14(20-13(4)17)15(12(3)16)19-10-8-6-2/h12-17H,5-11H2,1-4H3/t12-,13?,14-,15?/m0/s1. The molecule has 2 N–H and O–H groups in total. The summed E-state index contributed by atoms with van der Waals surface area (Å²) >= 11 is 0.